The van der Waals surface area contributed by atoms with Gasteiger partial charge in [0.25, 0.3) is 0 Å². The Balaban J connectivity index is 2.23. The average Bonchev–Trinajstić information content (AvgIpc) is 2.28. The Morgan fingerprint density at radius 1 is 1.50 bits per heavy atom. The van der Waals surface area contributed by atoms with Crippen LogP contribution in [0, 0.1) is 17.1 Å². The standard InChI is InChI=1S/C12H14FN3/c13-11-6-9(7-14)3-4-12(11)16-5-1-2-10(15)8-16/h3-4,6,10H,1-2,5,8,15H2/t10-/m1/s1. The van der Waals surface area contributed by atoms with Gasteiger partial charge in [0.15, 0.2) is 0 Å². The molecule has 3 nitrogen and oxygen atoms in total. The quantitative estimate of drug-likeness (QED) is 0.781. The summed E-state index contributed by atoms with van der Waals surface area (Å²) in [6, 6.07) is 6.61. The van der Waals surface area contributed by atoms with Crippen molar-refractivity contribution in [1.82, 2.24) is 0 Å². The molecule has 1 fully saturated rings. The molecule has 2 N–H and O–H groups in total. The fraction of sp³-hybridized carbons (Fsp3) is 0.417. The number of hydrogen-bond acceptors (Lipinski definition) is 3. The minimum Gasteiger partial charge on any atom is -0.368 e. The lowest BCUT2D eigenvalue weighted by molar-refractivity contribution is 0.498. The summed E-state index contributed by atoms with van der Waals surface area (Å²) in [6.45, 7) is 1.51. The summed E-state index contributed by atoms with van der Waals surface area (Å²) in [6.07, 6.45) is 1.98. The summed E-state index contributed by atoms with van der Waals surface area (Å²) in [4.78, 5) is 1.95. The highest BCUT2D eigenvalue weighted by Gasteiger charge is 2.19. The van der Waals surface area contributed by atoms with Crippen LogP contribution in [0.3, 0.4) is 0 Å². The van der Waals surface area contributed by atoms with E-state index in [1.54, 1.807) is 12.1 Å². The number of halogens is 1. The summed E-state index contributed by atoms with van der Waals surface area (Å²) >= 11 is 0. The maximum absolute atomic E-state index is 13.7. The SMILES string of the molecule is N#Cc1ccc(N2CCC[C@@H](N)C2)c(F)c1. The van der Waals surface area contributed by atoms with Gasteiger partial charge in [-0.15, -0.1) is 0 Å². The van der Waals surface area contributed by atoms with Crippen LogP contribution in [-0.4, -0.2) is 19.1 Å². The Morgan fingerprint density at radius 3 is 2.94 bits per heavy atom. The third kappa shape index (κ3) is 2.15. The first-order valence-corrected chi connectivity index (χ1v) is 5.41. The van der Waals surface area contributed by atoms with Crippen molar-refractivity contribution in [3.8, 4) is 6.07 Å². The Kier molecular flexibility index (Phi) is 3.07. The van der Waals surface area contributed by atoms with Crippen LogP contribution in [0.2, 0.25) is 0 Å². The van der Waals surface area contributed by atoms with Crippen LogP contribution < -0.4 is 10.6 Å². The van der Waals surface area contributed by atoms with E-state index in [0.717, 1.165) is 19.4 Å². The topological polar surface area (TPSA) is 53.0 Å². The largest absolute Gasteiger partial charge is 0.368 e. The molecule has 1 aromatic rings. The minimum atomic E-state index is -0.340. The monoisotopic (exact) mass is 219 g/mol. The van der Waals surface area contributed by atoms with Crippen LogP contribution in [0.5, 0.6) is 0 Å². The number of nitriles is 1. The first kappa shape index (κ1) is 10.9. The van der Waals surface area contributed by atoms with Crippen molar-refractivity contribution >= 4 is 5.69 Å². The number of hydrogen-bond donors (Lipinski definition) is 1. The van der Waals surface area contributed by atoms with E-state index in [1.807, 2.05) is 11.0 Å². The number of nitrogens with two attached hydrogens (primary N) is 1. The fourth-order valence-corrected chi connectivity index (χ4v) is 2.06. The van der Waals surface area contributed by atoms with E-state index in [9.17, 15) is 4.39 Å². The van der Waals surface area contributed by atoms with Crippen molar-refractivity contribution in [2.45, 2.75) is 18.9 Å². The molecule has 0 bridgehead atoms. The van der Waals surface area contributed by atoms with E-state index in [2.05, 4.69) is 0 Å². The van der Waals surface area contributed by atoms with Gasteiger partial charge in [-0.05, 0) is 31.0 Å². The Bertz CT molecular complexity index is 425. The Labute approximate surface area is 94.3 Å². The predicted octanol–water partition coefficient (Wildman–Crippen LogP) is 1.62. The van der Waals surface area contributed by atoms with Gasteiger partial charge in [-0.25, -0.2) is 4.39 Å². The average molecular weight is 219 g/mol. The van der Waals surface area contributed by atoms with Gasteiger partial charge in [0.2, 0.25) is 0 Å². The maximum atomic E-state index is 13.7. The highest BCUT2D eigenvalue weighted by Crippen LogP contribution is 2.23. The zero-order chi connectivity index (χ0) is 11.5. The Hall–Kier alpha value is -1.60. The van der Waals surface area contributed by atoms with Crippen LogP contribution in [-0.2, 0) is 0 Å². The molecule has 0 radical (unpaired) electrons. The molecule has 84 valence electrons. The zero-order valence-corrected chi connectivity index (χ0v) is 8.99. The van der Waals surface area contributed by atoms with Crippen molar-refractivity contribution in [1.29, 1.82) is 5.26 Å². The molecule has 1 saturated heterocycles. The van der Waals surface area contributed by atoms with Crippen molar-refractivity contribution < 1.29 is 4.39 Å². The highest BCUT2D eigenvalue weighted by atomic mass is 19.1. The molecule has 1 aromatic carbocycles. The second kappa shape index (κ2) is 4.50. The lowest BCUT2D eigenvalue weighted by Crippen LogP contribution is -2.43. The molecular weight excluding hydrogens is 205 g/mol. The molecule has 1 atom stereocenters. The maximum Gasteiger partial charge on any atom is 0.147 e. The molecule has 0 spiro atoms. The number of rotatable bonds is 1. The molecule has 2 rings (SSSR count). The van der Waals surface area contributed by atoms with Crippen molar-refractivity contribution in [2.75, 3.05) is 18.0 Å². The summed E-state index contributed by atoms with van der Waals surface area (Å²) in [5, 5.41) is 8.66. The Morgan fingerprint density at radius 2 is 2.31 bits per heavy atom. The lowest BCUT2D eigenvalue weighted by atomic mass is 10.1. The molecular formula is C12H14FN3. The van der Waals surface area contributed by atoms with Crippen LogP contribution in [0.1, 0.15) is 18.4 Å². The van der Waals surface area contributed by atoms with E-state index in [4.69, 9.17) is 11.0 Å². The fourth-order valence-electron chi connectivity index (χ4n) is 2.06. The van der Waals surface area contributed by atoms with Gasteiger partial charge < -0.3 is 10.6 Å². The van der Waals surface area contributed by atoms with Crippen molar-refractivity contribution in [3.05, 3.63) is 29.6 Å². The van der Waals surface area contributed by atoms with Gasteiger partial charge >= 0.3 is 0 Å². The molecule has 1 heterocycles. The third-order valence-electron chi connectivity index (χ3n) is 2.88. The molecule has 0 aromatic heterocycles. The summed E-state index contributed by atoms with van der Waals surface area (Å²) in [7, 11) is 0. The van der Waals surface area contributed by atoms with Gasteiger partial charge in [0, 0.05) is 19.1 Å². The molecule has 0 aliphatic carbocycles. The number of anilines is 1. The normalized spacial score (nSPS) is 20.6. The molecule has 0 amide bonds. The number of nitrogens with zero attached hydrogens (tertiary/aromatic N) is 2. The highest BCUT2D eigenvalue weighted by molar-refractivity contribution is 5.51. The number of piperidine rings is 1. The molecule has 0 unspecified atom stereocenters. The third-order valence-corrected chi connectivity index (χ3v) is 2.88. The second-order valence-electron chi connectivity index (χ2n) is 4.13. The molecule has 16 heavy (non-hydrogen) atoms. The lowest BCUT2D eigenvalue weighted by Gasteiger charge is -2.32. The van der Waals surface area contributed by atoms with E-state index in [1.165, 1.54) is 6.07 Å². The molecule has 1 aliphatic rings. The zero-order valence-electron chi connectivity index (χ0n) is 8.99. The smallest absolute Gasteiger partial charge is 0.147 e. The molecule has 4 heteroatoms. The minimum absolute atomic E-state index is 0.115. The van der Waals surface area contributed by atoms with Gasteiger partial charge in [-0.3, -0.25) is 0 Å². The van der Waals surface area contributed by atoms with Gasteiger partial charge in [0.05, 0.1) is 17.3 Å². The molecule has 1 aliphatic heterocycles. The second-order valence-corrected chi connectivity index (χ2v) is 4.13. The summed E-state index contributed by atoms with van der Waals surface area (Å²) < 4.78 is 13.7. The van der Waals surface area contributed by atoms with Crippen LogP contribution >= 0.6 is 0 Å². The van der Waals surface area contributed by atoms with Gasteiger partial charge in [-0.2, -0.15) is 5.26 Å². The van der Waals surface area contributed by atoms with Crippen molar-refractivity contribution in [3.63, 3.8) is 0 Å². The van der Waals surface area contributed by atoms with E-state index < -0.39 is 0 Å². The van der Waals surface area contributed by atoms with Crippen LogP contribution in [0.25, 0.3) is 0 Å². The van der Waals surface area contributed by atoms with Crippen LogP contribution in [0.15, 0.2) is 18.2 Å². The van der Waals surface area contributed by atoms with E-state index >= 15 is 0 Å². The van der Waals surface area contributed by atoms with Gasteiger partial charge in [-0.1, -0.05) is 0 Å². The van der Waals surface area contributed by atoms with Gasteiger partial charge in [0.1, 0.15) is 5.82 Å². The van der Waals surface area contributed by atoms with E-state index in [0.29, 0.717) is 17.8 Å². The van der Waals surface area contributed by atoms with E-state index in [-0.39, 0.29) is 11.9 Å². The summed E-state index contributed by atoms with van der Waals surface area (Å²) in [5.74, 6) is -0.340. The summed E-state index contributed by atoms with van der Waals surface area (Å²) in [5.41, 5.74) is 6.75. The van der Waals surface area contributed by atoms with Crippen LogP contribution in [0.4, 0.5) is 10.1 Å². The predicted molar refractivity (Wildman–Crippen MR) is 60.5 cm³/mol. The first-order chi connectivity index (χ1) is 7.70. The van der Waals surface area contributed by atoms with Crippen molar-refractivity contribution in [2.24, 2.45) is 5.73 Å². The molecule has 0 saturated carbocycles. The number of benzene rings is 1. The first-order valence-electron chi connectivity index (χ1n) is 5.41.